The average Bonchev–Trinajstić information content (AvgIpc) is 3.41. The number of hydrogen-bond acceptors (Lipinski definition) is 5. The van der Waals surface area contributed by atoms with Gasteiger partial charge in [0.2, 0.25) is 0 Å². The van der Waals surface area contributed by atoms with Crippen LogP contribution in [0.3, 0.4) is 0 Å². The van der Waals surface area contributed by atoms with Crippen LogP contribution in [0.25, 0.3) is 0 Å². The van der Waals surface area contributed by atoms with Gasteiger partial charge in [0.1, 0.15) is 11.5 Å². The quantitative estimate of drug-likeness (QED) is 0.434. The Morgan fingerprint density at radius 3 is 1.95 bits per heavy atom. The lowest BCUT2D eigenvalue weighted by atomic mass is 9.77. The van der Waals surface area contributed by atoms with Crippen LogP contribution in [-0.2, 0) is 13.1 Å². The normalized spacial score (nSPS) is 19.4. The van der Waals surface area contributed by atoms with Gasteiger partial charge in [-0.15, -0.1) is 0 Å². The molecule has 3 saturated heterocycles. The van der Waals surface area contributed by atoms with E-state index in [9.17, 15) is 14.0 Å². The molecular weight excluding hydrogens is 529 g/mol. The zero-order chi connectivity index (χ0) is 29.1. The summed E-state index contributed by atoms with van der Waals surface area (Å²) in [5.74, 6) is -0.336. The van der Waals surface area contributed by atoms with Gasteiger partial charge in [0.05, 0.1) is 5.56 Å². The summed E-state index contributed by atoms with van der Waals surface area (Å²) in [6, 6.07) is 18.8. The third-order valence-electron chi connectivity index (χ3n) is 9.36. The van der Waals surface area contributed by atoms with E-state index in [-0.39, 0.29) is 17.6 Å². The molecule has 8 heteroatoms. The average molecular weight is 570 g/mol. The molecule has 0 N–H and O–H groups in total. The zero-order valence-corrected chi connectivity index (χ0v) is 24.5. The second kappa shape index (κ2) is 12.3. The number of piperazine rings is 1. The Balaban J connectivity index is 0.967. The van der Waals surface area contributed by atoms with E-state index in [0.717, 1.165) is 70.8 Å². The Morgan fingerprint density at radius 2 is 1.31 bits per heavy atom. The van der Waals surface area contributed by atoms with Crippen LogP contribution in [0, 0.1) is 18.2 Å². The van der Waals surface area contributed by atoms with Gasteiger partial charge in [-0.2, -0.15) is 0 Å². The molecule has 0 radical (unpaired) electrons. The summed E-state index contributed by atoms with van der Waals surface area (Å²) in [5, 5.41) is 0. The van der Waals surface area contributed by atoms with E-state index in [0.29, 0.717) is 29.8 Å². The molecule has 3 aromatic rings. The van der Waals surface area contributed by atoms with Crippen molar-refractivity contribution in [1.82, 2.24) is 24.6 Å². The fraction of sp³-hybridized carbons (Fsp3) is 0.441. The Hall–Kier alpha value is -3.62. The van der Waals surface area contributed by atoms with Gasteiger partial charge in [0.25, 0.3) is 11.8 Å². The van der Waals surface area contributed by atoms with Gasteiger partial charge in [-0.3, -0.25) is 24.4 Å². The highest BCUT2D eigenvalue weighted by molar-refractivity contribution is 5.96. The molecule has 6 rings (SSSR count). The number of carbonyl (C=O) groups is 2. The molecule has 4 heterocycles. The molecule has 0 aliphatic carbocycles. The first kappa shape index (κ1) is 28.5. The Labute approximate surface area is 247 Å². The van der Waals surface area contributed by atoms with Crippen molar-refractivity contribution in [3.05, 3.63) is 101 Å². The molecule has 42 heavy (non-hydrogen) atoms. The number of aryl methyl sites for hydroxylation is 1. The number of amides is 2. The molecule has 3 fully saturated rings. The van der Waals surface area contributed by atoms with Crippen molar-refractivity contribution in [2.75, 3.05) is 52.4 Å². The molecule has 7 nitrogen and oxygen atoms in total. The molecule has 1 aromatic heterocycles. The van der Waals surface area contributed by atoms with Crippen LogP contribution in [0.1, 0.15) is 56.8 Å². The minimum absolute atomic E-state index is 0.0484. The van der Waals surface area contributed by atoms with Crippen molar-refractivity contribution in [2.24, 2.45) is 5.41 Å². The largest absolute Gasteiger partial charge is 0.337 e. The zero-order valence-electron chi connectivity index (χ0n) is 24.5. The minimum atomic E-state index is -0.231. The van der Waals surface area contributed by atoms with Crippen molar-refractivity contribution < 1.29 is 14.0 Å². The van der Waals surface area contributed by atoms with Crippen molar-refractivity contribution >= 4 is 11.8 Å². The number of benzene rings is 2. The Kier molecular flexibility index (Phi) is 8.36. The molecule has 3 aliphatic heterocycles. The van der Waals surface area contributed by atoms with Gasteiger partial charge < -0.3 is 9.80 Å². The second-order valence-electron chi connectivity index (χ2n) is 12.4. The highest BCUT2D eigenvalue weighted by Crippen LogP contribution is 2.41. The summed E-state index contributed by atoms with van der Waals surface area (Å²) < 4.78 is 13.2. The maximum absolute atomic E-state index is 13.3. The molecule has 0 saturated carbocycles. The molecule has 0 bridgehead atoms. The predicted molar refractivity (Wildman–Crippen MR) is 160 cm³/mol. The second-order valence-corrected chi connectivity index (χ2v) is 12.4. The molecular formula is C34H40FN5O2. The summed E-state index contributed by atoms with van der Waals surface area (Å²) in [6.07, 6.45) is 4.78. The molecule has 3 aliphatic rings. The number of hydrogen-bond donors (Lipinski definition) is 0. The molecule has 0 unspecified atom stereocenters. The topological polar surface area (TPSA) is 60.0 Å². The third-order valence-corrected chi connectivity index (χ3v) is 9.36. The highest BCUT2D eigenvalue weighted by Gasteiger charge is 2.41. The van der Waals surface area contributed by atoms with Gasteiger partial charge in [-0.25, -0.2) is 4.39 Å². The number of rotatable bonds is 6. The van der Waals surface area contributed by atoms with Gasteiger partial charge in [0.15, 0.2) is 0 Å². The predicted octanol–water partition coefficient (Wildman–Crippen LogP) is 4.62. The van der Waals surface area contributed by atoms with Gasteiger partial charge >= 0.3 is 0 Å². The number of nitrogens with zero attached hydrogens (tertiary/aromatic N) is 5. The van der Waals surface area contributed by atoms with E-state index in [1.165, 1.54) is 29.7 Å². The smallest absolute Gasteiger partial charge is 0.272 e. The van der Waals surface area contributed by atoms with E-state index in [2.05, 4.69) is 46.0 Å². The molecule has 2 amide bonds. The summed E-state index contributed by atoms with van der Waals surface area (Å²) in [4.78, 5) is 39.4. The number of likely N-dealkylation sites (tertiary alicyclic amines) is 2. The monoisotopic (exact) mass is 569 g/mol. The fourth-order valence-electron chi connectivity index (χ4n) is 6.66. The molecule has 1 spiro atoms. The first-order valence-corrected chi connectivity index (χ1v) is 15.2. The highest BCUT2D eigenvalue weighted by atomic mass is 19.1. The Morgan fingerprint density at radius 1 is 0.714 bits per heavy atom. The number of halogens is 1. The van der Waals surface area contributed by atoms with Crippen LogP contribution in [0.15, 0.2) is 66.9 Å². The third kappa shape index (κ3) is 6.55. The van der Waals surface area contributed by atoms with Crippen LogP contribution in [0.2, 0.25) is 0 Å². The first-order chi connectivity index (χ1) is 20.4. The first-order valence-electron chi connectivity index (χ1n) is 15.2. The lowest BCUT2D eigenvalue weighted by Gasteiger charge is -2.39. The summed E-state index contributed by atoms with van der Waals surface area (Å²) >= 11 is 0. The van der Waals surface area contributed by atoms with Crippen LogP contribution in [-0.4, -0.2) is 88.8 Å². The number of pyridine rings is 1. The summed E-state index contributed by atoms with van der Waals surface area (Å²) in [5.41, 5.74) is 4.93. The van der Waals surface area contributed by atoms with E-state index in [1.807, 2.05) is 9.80 Å². The fourth-order valence-corrected chi connectivity index (χ4v) is 6.66. The van der Waals surface area contributed by atoms with E-state index >= 15 is 0 Å². The standard InChI is InChI=1S/C34H40FN5O2/c1-26-2-4-27(5-3-26)24-38-15-12-34(25-38)13-16-39(17-14-34)33(42)31-11-8-29(22-36-31)32(41)40-20-18-37(19-21-40)23-28-6-9-30(35)10-7-28/h2-11,22H,12-21,23-25H2,1H3. The number of aromatic nitrogens is 1. The molecule has 220 valence electrons. The SMILES string of the molecule is Cc1ccc(CN2CCC3(CCN(C(=O)c4ccc(C(=O)N5CCN(Cc6ccc(F)cc6)CC5)cn4)CC3)C2)cc1. The van der Waals surface area contributed by atoms with E-state index in [1.54, 1.807) is 30.5 Å². The van der Waals surface area contributed by atoms with Crippen molar-refractivity contribution in [3.63, 3.8) is 0 Å². The van der Waals surface area contributed by atoms with Gasteiger partial charge in [-0.05, 0) is 73.5 Å². The number of piperidine rings is 1. The van der Waals surface area contributed by atoms with Gasteiger partial charge in [-0.1, -0.05) is 42.0 Å². The summed E-state index contributed by atoms with van der Waals surface area (Å²) in [7, 11) is 0. The molecule has 2 aromatic carbocycles. The van der Waals surface area contributed by atoms with E-state index < -0.39 is 0 Å². The van der Waals surface area contributed by atoms with Crippen LogP contribution in [0.4, 0.5) is 4.39 Å². The van der Waals surface area contributed by atoms with Crippen molar-refractivity contribution in [2.45, 2.75) is 39.3 Å². The van der Waals surface area contributed by atoms with Crippen LogP contribution < -0.4 is 0 Å². The number of carbonyl (C=O) groups excluding carboxylic acids is 2. The maximum atomic E-state index is 13.3. The van der Waals surface area contributed by atoms with Crippen molar-refractivity contribution in [3.8, 4) is 0 Å². The van der Waals surface area contributed by atoms with Crippen LogP contribution >= 0.6 is 0 Å². The maximum Gasteiger partial charge on any atom is 0.272 e. The van der Waals surface area contributed by atoms with Crippen LogP contribution in [0.5, 0.6) is 0 Å². The van der Waals surface area contributed by atoms with Gasteiger partial charge in [0, 0.05) is 65.1 Å². The lowest BCUT2D eigenvalue weighted by Crippen LogP contribution is -2.48. The van der Waals surface area contributed by atoms with E-state index in [4.69, 9.17) is 0 Å². The Bertz CT molecular complexity index is 1380. The van der Waals surface area contributed by atoms with Crippen molar-refractivity contribution in [1.29, 1.82) is 0 Å². The molecule has 0 atom stereocenters. The summed E-state index contributed by atoms with van der Waals surface area (Å²) in [6.45, 7) is 10.3. The minimum Gasteiger partial charge on any atom is -0.337 e. The lowest BCUT2D eigenvalue weighted by molar-refractivity contribution is 0.0579.